The van der Waals surface area contributed by atoms with E-state index in [9.17, 15) is 8.42 Å². The standard InChI is InChI=1S/C15H25NO2S2/c17-20(18,14-12-3-1-2-4-13(12)14)16-15(7-8-15)11-5-9-19-10-6-11/h11-14,16H,1-10H2. The summed E-state index contributed by atoms with van der Waals surface area (Å²) in [5.41, 5.74) is -0.0362. The number of rotatable bonds is 4. The zero-order chi connectivity index (χ0) is 13.8. The molecule has 3 aliphatic carbocycles. The molecule has 4 aliphatic rings. The van der Waals surface area contributed by atoms with E-state index < -0.39 is 10.0 Å². The van der Waals surface area contributed by atoms with Crippen LogP contribution in [-0.2, 0) is 10.0 Å². The maximum atomic E-state index is 12.7. The van der Waals surface area contributed by atoms with Gasteiger partial charge in [-0.05, 0) is 67.8 Å². The molecule has 2 unspecified atom stereocenters. The molecule has 3 saturated carbocycles. The van der Waals surface area contributed by atoms with E-state index in [0.29, 0.717) is 17.8 Å². The molecule has 20 heavy (non-hydrogen) atoms. The lowest BCUT2D eigenvalue weighted by Crippen LogP contribution is -2.45. The van der Waals surface area contributed by atoms with Crippen molar-refractivity contribution in [3.8, 4) is 0 Å². The lowest BCUT2D eigenvalue weighted by Gasteiger charge is -2.30. The molecular formula is C15H25NO2S2. The van der Waals surface area contributed by atoms with Gasteiger partial charge >= 0.3 is 0 Å². The third-order valence-electron chi connectivity index (χ3n) is 6.07. The summed E-state index contributed by atoms with van der Waals surface area (Å²) >= 11 is 2.02. The summed E-state index contributed by atoms with van der Waals surface area (Å²) in [7, 11) is -3.07. The van der Waals surface area contributed by atoms with E-state index in [1.807, 2.05) is 11.8 Å². The Morgan fingerprint density at radius 1 is 0.950 bits per heavy atom. The normalized spacial score (nSPS) is 40.1. The van der Waals surface area contributed by atoms with Crippen LogP contribution in [0.2, 0.25) is 0 Å². The van der Waals surface area contributed by atoms with Crippen LogP contribution in [0, 0.1) is 17.8 Å². The molecule has 1 N–H and O–H groups in total. The highest BCUT2D eigenvalue weighted by Crippen LogP contribution is 2.55. The van der Waals surface area contributed by atoms with Crippen molar-refractivity contribution in [3.63, 3.8) is 0 Å². The number of fused-ring (bicyclic) bond motifs is 1. The van der Waals surface area contributed by atoms with E-state index in [0.717, 1.165) is 25.7 Å². The van der Waals surface area contributed by atoms with E-state index in [1.165, 1.54) is 37.2 Å². The molecule has 3 nitrogen and oxygen atoms in total. The molecule has 2 atom stereocenters. The number of thioether (sulfide) groups is 1. The summed E-state index contributed by atoms with van der Waals surface area (Å²) in [5, 5.41) is -0.0413. The van der Waals surface area contributed by atoms with Crippen LogP contribution in [-0.4, -0.2) is 30.7 Å². The number of hydrogen-bond donors (Lipinski definition) is 1. The first kappa shape index (κ1) is 13.9. The Morgan fingerprint density at radius 2 is 1.55 bits per heavy atom. The van der Waals surface area contributed by atoms with Crippen LogP contribution in [0.4, 0.5) is 0 Å². The Balaban J connectivity index is 1.45. The van der Waals surface area contributed by atoms with Crippen LogP contribution in [0.25, 0.3) is 0 Å². The highest BCUT2D eigenvalue weighted by molar-refractivity contribution is 7.99. The van der Waals surface area contributed by atoms with Crippen molar-refractivity contribution in [1.29, 1.82) is 0 Å². The third-order valence-corrected chi connectivity index (χ3v) is 9.23. The number of hydrogen-bond acceptors (Lipinski definition) is 3. The highest BCUT2D eigenvalue weighted by atomic mass is 32.2. The Morgan fingerprint density at radius 3 is 2.10 bits per heavy atom. The minimum Gasteiger partial charge on any atom is -0.212 e. The molecule has 0 radical (unpaired) electrons. The van der Waals surface area contributed by atoms with Crippen LogP contribution in [0.5, 0.6) is 0 Å². The van der Waals surface area contributed by atoms with Crippen LogP contribution >= 0.6 is 11.8 Å². The van der Waals surface area contributed by atoms with Gasteiger partial charge < -0.3 is 0 Å². The van der Waals surface area contributed by atoms with E-state index in [2.05, 4.69) is 4.72 Å². The molecule has 4 rings (SSSR count). The molecular weight excluding hydrogens is 290 g/mol. The van der Waals surface area contributed by atoms with Gasteiger partial charge in [-0.15, -0.1) is 0 Å². The second-order valence-corrected chi connectivity index (χ2v) is 10.3. The lowest BCUT2D eigenvalue weighted by atomic mass is 9.92. The van der Waals surface area contributed by atoms with E-state index in [4.69, 9.17) is 0 Å². The fourth-order valence-electron chi connectivity index (χ4n) is 4.72. The van der Waals surface area contributed by atoms with Crippen LogP contribution in [0.1, 0.15) is 51.4 Å². The van der Waals surface area contributed by atoms with Gasteiger partial charge in [0.2, 0.25) is 10.0 Å². The molecule has 1 aliphatic heterocycles. The Bertz CT molecular complexity index is 468. The summed E-state index contributed by atoms with van der Waals surface area (Å²) in [5.74, 6) is 3.99. The lowest BCUT2D eigenvalue weighted by molar-refractivity contribution is 0.350. The quantitative estimate of drug-likeness (QED) is 0.868. The van der Waals surface area contributed by atoms with Crippen molar-refractivity contribution in [3.05, 3.63) is 0 Å². The molecule has 1 heterocycles. The fourth-order valence-corrected chi connectivity index (χ4v) is 8.40. The van der Waals surface area contributed by atoms with Crippen LogP contribution in [0.3, 0.4) is 0 Å². The van der Waals surface area contributed by atoms with E-state index in [1.54, 1.807) is 0 Å². The molecule has 0 aromatic rings. The first-order chi connectivity index (χ1) is 9.62. The summed E-state index contributed by atoms with van der Waals surface area (Å²) in [4.78, 5) is 0. The predicted molar refractivity (Wildman–Crippen MR) is 83.3 cm³/mol. The molecule has 0 amide bonds. The van der Waals surface area contributed by atoms with E-state index in [-0.39, 0.29) is 10.8 Å². The highest BCUT2D eigenvalue weighted by Gasteiger charge is 2.61. The zero-order valence-corrected chi connectivity index (χ0v) is 13.6. The summed E-state index contributed by atoms with van der Waals surface area (Å²) in [6.45, 7) is 0. The van der Waals surface area contributed by atoms with Crippen molar-refractivity contribution in [2.75, 3.05) is 11.5 Å². The van der Waals surface area contributed by atoms with Gasteiger partial charge in [0.15, 0.2) is 0 Å². The third kappa shape index (κ3) is 2.34. The monoisotopic (exact) mass is 315 g/mol. The van der Waals surface area contributed by atoms with Gasteiger partial charge in [0, 0.05) is 5.54 Å². The van der Waals surface area contributed by atoms with Crippen LogP contribution < -0.4 is 4.72 Å². The van der Waals surface area contributed by atoms with Gasteiger partial charge in [-0.3, -0.25) is 0 Å². The van der Waals surface area contributed by atoms with Crippen molar-refractivity contribution < 1.29 is 8.42 Å². The maximum absolute atomic E-state index is 12.7. The average Bonchev–Trinajstić information content (AvgIpc) is 3.33. The van der Waals surface area contributed by atoms with Gasteiger partial charge in [-0.25, -0.2) is 13.1 Å². The van der Waals surface area contributed by atoms with Gasteiger partial charge in [-0.1, -0.05) is 12.8 Å². The van der Waals surface area contributed by atoms with Crippen molar-refractivity contribution in [1.82, 2.24) is 4.72 Å². The molecule has 0 aromatic carbocycles. The summed E-state index contributed by atoms with van der Waals surface area (Å²) in [6, 6.07) is 0. The van der Waals surface area contributed by atoms with Crippen LogP contribution in [0.15, 0.2) is 0 Å². The molecule has 0 spiro atoms. The first-order valence-corrected chi connectivity index (χ1v) is 10.9. The fraction of sp³-hybridized carbons (Fsp3) is 1.00. The molecule has 0 aromatic heterocycles. The van der Waals surface area contributed by atoms with E-state index >= 15 is 0 Å². The van der Waals surface area contributed by atoms with Crippen molar-refractivity contribution in [2.45, 2.75) is 62.2 Å². The number of sulfonamides is 1. The molecule has 0 bridgehead atoms. The first-order valence-electron chi connectivity index (χ1n) is 8.23. The van der Waals surface area contributed by atoms with Crippen molar-refractivity contribution in [2.24, 2.45) is 17.8 Å². The second-order valence-electron chi connectivity index (χ2n) is 7.27. The molecule has 4 fully saturated rings. The largest absolute Gasteiger partial charge is 0.215 e. The molecule has 1 saturated heterocycles. The molecule has 5 heteroatoms. The zero-order valence-electron chi connectivity index (χ0n) is 12.0. The molecule has 114 valence electrons. The maximum Gasteiger partial charge on any atom is 0.215 e. The SMILES string of the molecule is O=S(=O)(NC1(C2CCSCC2)CC1)C1C2CCCCC21. The minimum absolute atomic E-state index is 0.0362. The Hall–Kier alpha value is 0.260. The van der Waals surface area contributed by atoms with Gasteiger partial charge in [0.1, 0.15) is 0 Å². The average molecular weight is 316 g/mol. The second kappa shape index (κ2) is 4.88. The van der Waals surface area contributed by atoms with Crippen molar-refractivity contribution >= 4 is 21.8 Å². The number of nitrogens with one attached hydrogen (secondary N) is 1. The minimum atomic E-state index is -3.07. The topological polar surface area (TPSA) is 46.2 Å². The Kier molecular flexibility index (Phi) is 3.39. The van der Waals surface area contributed by atoms with Gasteiger partial charge in [-0.2, -0.15) is 11.8 Å². The predicted octanol–water partition coefficient (Wildman–Crippen LogP) is 2.77. The Labute approximate surface area is 126 Å². The van der Waals surface area contributed by atoms with Gasteiger partial charge in [0.05, 0.1) is 5.25 Å². The van der Waals surface area contributed by atoms with Gasteiger partial charge in [0.25, 0.3) is 0 Å². The smallest absolute Gasteiger partial charge is 0.212 e. The summed E-state index contributed by atoms with van der Waals surface area (Å²) in [6.07, 6.45) is 9.30. The summed E-state index contributed by atoms with van der Waals surface area (Å²) < 4.78 is 28.7.